The molecule has 2 rings (SSSR count). The van der Waals surface area contributed by atoms with Crippen molar-refractivity contribution in [2.75, 3.05) is 13.2 Å². The van der Waals surface area contributed by atoms with E-state index in [-0.39, 0.29) is 12.2 Å². The Morgan fingerprint density at radius 1 is 1.25 bits per heavy atom. The Morgan fingerprint density at radius 2 is 1.90 bits per heavy atom. The molecule has 1 aromatic heterocycles. The molecule has 0 aliphatic carbocycles. The SMILES string of the molecule is CCOC(CC(=O)c1nc2ccccc2n1C)OCC. The molecule has 0 fully saturated rings. The van der Waals surface area contributed by atoms with Crippen LogP contribution in [0.1, 0.15) is 30.9 Å². The number of hydrogen-bond donors (Lipinski definition) is 0. The number of para-hydroxylation sites is 2. The van der Waals surface area contributed by atoms with Crippen LogP contribution in [0.15, 0.2) is 24.3 Å². The van der Waals surface area contributed by atoms with Gasteiger partial charge in [0.05, 0.1) is 17.5 Å². The van der Waals surface area contributed by atoms with Crippen LogP contribution in [0.25, 0.3) is 11.0 Å². The van der Waals surface area contributed by atoms with Gasteiger partial charge in [-0.15, -0.1) is 0 Å². The summed E-state index contributed by atoms with van der Waals surface area (Å²) < 4.78 is 12.6. The van der Waals surface area contributed by atoms with E-state index in [9.17, 15) is 4.79 Å². The van der Waals surface area contributed by atoms with Crippen LogP contribution in [-0.2, 0) is 16.5 Å². The average Bonchev–Trinajstić information content (AvgIpc) is 2.77. The number of imidazole rings is 1. The zero-order valence-corrected chi connectivity index (χ0v) is 12.1. The summed E-state index contributed by atoms with van der Waals surface area (Å²) in [6.07, 6.45) is -0.323. The first-order chi connectivity index (χ1) is 9.67. The molecule has 108 valence electrons. The summed E-state index contributed by atoms with van der Waals surface area (Å²) in [5.41, 5.74) is 1.77. The molecule has 0 atom stereocenters. The van der Waals surface area contributed by atoms with E-state index in [1.165, 1.54) is 0 Å². The smallest absolute Gasteiger partial charge is 0.203 e. The van der Waals surface area contributed by atoms with E-state index in [0.29, 0.717) is 19.0 Å². The predicted octanol–water partition coefficient (Wildman–Crippen LogP) is 2.55. The van der Waals surface area contributed by atoms with E-state index in [1.54, 1.807) is 0 Å². The van der Waals surface area contributed by atoms with Gasteiger partial charge in [-0.1, -0.05) is 12.1 Å². The molecule has 1 heterocycles. The molecule has 5 nitrogen and oxygen atoms in total. The van der Waals surface area contributed by atoms with Gasteiger partial charge in [-0.3, -0.25) is 4.79 Å². The Morgan fingerprint density at radius 3 is 2.50 bits per heavy atom. The van der Waals surface area contributed by atoms with Crippen LogP contribution in [0.3, 0.4) is 0 Å². The highest BCUT2D eigenvalue weighted by Crippen LogP contribution is 2.16. The largest absolute Gasteiger partial charge is 0.352 e. The van der Waals surface area contributed by atoms with Crippen LogP contribution in [0.2, 0.25) is 0 Å². The Kier molecular flexibility index (Phi) is 4.87. The number of nitrogens with zero attached hydrogens (tertiary/aromatic N) is 2. The topological polar surface area (TPSA) is 53.3 Å². The molecule has 0 aliphatic heterocycles. The van der Waals surface area contributed by atoms with Gasteiger partial charge in [0.2, 0.25) is 5.78 Å². The predicted molar refractivity (Wildman–Crippen MR) is 76.7 cm³/mol. The van der Waals surface area contributed by atoms with E-state index >= 15 is 0 Å². The van der Waals surface area contributed by atoms with Crippen LogP contribution < -0.4 is 0 Å². The number of rotatable bonds is 7. The van der Waals surface area contributed by atoms with Crippen molar-refractivity contribution in [2.24, 2.45) is 7.05 Å². The zero-order valence-electron chi connectivity index (χ0n) is 12.1. The maximum absolute atomic E-state index is 12.4. The van der Waals surface area contributed by atoms with E-state index in [2.05, 4.69) is 4.98 Å². The molecule has 0 unspecified atom stereocenters. The molecule has 0 saturated heterocycles. The minimum atomic E-state index is -0.502. The van der Waals surface area contributed by atoms with Crippen molar-refractivity contribution in [1.29, 1.82) is 0 Å². The quantitative estimate of drug-likeness (QED) is 0.576. The highest BCUT2D eigenvalue weighted by atomic mass is 16.7. The number of fused-ring (bicyclic) bond motifs is 1. The van der Waals surface area contributed by atoms with Gasteiger partial charge in [-0.25, -0.2) is 4.98 Å². The molecule has 0 bridgehead atoms. The molecular formula is C15H20N2O3. The van der Waals surface area contributed by atoms with Crippen LogP contribution in [0.5, 0.6) is 0 Å². The van der Waals surface area contributed by atoms with Crippen molar-refractivity contribution in [2.45, 2.75) is 26.6 Å². The van der Waals surface area contributed by atoms with Crippen LogP contribution in [0, 0.1) is 0 Å². The van der Waals surface area contributed by atoms with E-state index in [0.717, 1.165) is 11.0 Å². The summed E-state index contributed by atoms with van der Waals surface area (Å²) in [5.74, 6) is 0.367. The first-order valence-electron chi connectivity index (χ1n) is 6.85. The fourth-order valence-electron chi connectivity index (χ4n) is 2.18. The highest BCUT2D eigenvalue weighted by Gasteiger charge is 2.20. The minimum Gasteiger partial charge on any atom is -0.352 e. The van der Waals surface area contributed by atoms with Crippen molar-refractivity contribution < 1.29 is 14.3 Å². The molecule has 5 heteroatoms. The normalized spacial score (nSPS) is 11.4. The first-order valence-corrected chi connectivity index (χ1v) is 6.85. The maximum atomic E-state index is 12.4. The van der Waals surface area contributed by atoms with Gasteiger partial charge in [-0.2, -0.15) is 0 Å². The number of carbonyl (C=O) groups is 1. The zero-order chi connectivity index (χ0) is 14.5. The average molecular weight is 276 g/mol. The Hall–Kier alpha value is -1.72. The monoisotopic (exact) mass is 276 g/mol. The van der Waals surface area contributed by atoms with Gasteiger partial charge >= 0.3 is 0 Å². The summed E-state index contributed by atoms with van der Waals surface area (Å²) in [5, 5.41) is 0. The fourth-order valence-corrected chi connectivity index (χ4v) is 2.18. The van der Waals surface area contributed by atoms with Crippen molar-refractivity contribution in [3.8, 4) is 0 Å². The standard InChI is InChI=1S/C15H20N2O3/c1-4-19-14(20-5-2)10-13(18)15-16-11-8-6-7-9-12(11)17(15)3/h6-9,14H,4-5,10H2,1-3H3. The van der Waals surface area contributed by atoms with Crippen LogP contribution >= 0.6 is 0 Å². The maximum Gasteiger partial charge on any atom is 0.203 e. The Balaban J connectivity index is 2.20. The van der Waals surface area contributed by atoms with Gasteiger partial charge < -0.3 is 14.0 Å². The second-order valence-electron chi connectivity index (χ2n) is 4.45. The van der Waals surface area contributed by atoms with Crippen molar-refractivity contribution >= 4 is 16.8 Å². The number of Topliss-reactive ketones (excluding diaryl/α,β-unsaturated/α-hetero) is 1. The number of carbonyl (C=O) groups excluding carboxylic acids is 1. The number of aryl methyl sites for hydroxylation is 1. The lowest BCUT2D eigenvalue weighted by Gasteiger charge is -2.15. The summed E-state index contributed by atoms with van der Waals surface area (Å²) in [6, 6.07) is 7.69. The summed E-state index contributed by atoms with van der Waals surface area (Å²) in [4.78, 5) is 16.7. The minimum absolute atomic E-state index is 0.0735. The molecule has 0 radical (unpaired) electrons. The lowest BCUT2D eigenvalue weighted by molar-refractivity contribution is -0.133. The van der Waals surface area contributed by atoms with Gasteiger partial charge in [0, 0.05) is 20.3 Å². The molecule has 0 aliphatic rings. The number of benzene rings is 1. The van der Waals surface area contributed by atoms with Crippen LogP contribution in [0.4, 0.5) is 0 Å². The second kappa shape index (κ2) is 6.63. The molecule has 1 aromatic carbocycles. The molecule has 0 amide bonds. The molecule has 20 heavy (non-hydrogen) atoms. The Labute approximate surface area is 118 Å². The first kappa shape index (κ1) is 14.7. The van der Waals surface area contributed by atoms with Crippen molar-refractivity contribution in [1.82, 2.24) is 9.55 Å². The third-order valence-electron chi connectivity index (χ3n) is 3.09. The van der Waals surface area contributed by atoms with E-state index < -0.39 is 6.29 Å². The lowest BCUT2D eigenvalue weighted by Crippen LogP contribution is -2.23. The molecule has 2 aromatic rings. The number of ether oxygens (including phenoxy) is 2. The van der Waals surface area contributed by atoms with E-state index in [1.807, 2.05) is 49.7 Å². The van der Waals surface area contributed by atoms with Gasteiger partial charge in [0.1, 0.15) is 0 Å². The van der Waals surface area contributed by atoms with Gasteiger partial charge in [0.15, 0.2) is 12.1 Å². The molecule has 0 N–H and O–H groups in total. The molecule has 0 saturated carbocycles. The van der Waals surface area contributed by atoms with Crippen LogP contribution in [-0.4, -0.2) is 34.8 Å². The number of hydrogen-bond acceptors (Lipinski definition) is 4. The summed E-state index contributed by atoms with van der Waals surface area (Å²) >= 11 is 0. The number of ketones is 1. The second-order valence-corrected chi connectivity index (χ2v) is 4.45. The number of aromatic nitrogens is 2. The molecule has 0 spiro atoms. The van der Waals surface area contributed by atoms with Crippen molar-refractivity contribution in [3.63, 3.8) is 0 Å². The van der Waals surface area contributed by atoms with Crippen molar-refractivity contribution in [3.05, 3.63) is 30.1 Å². The third-order valence-corrected chi connectivity index (χ3v) is 3.09. The van der Waals surface area contributed by atoms with E-state index in [4.69, 9.17) is 9.47 Å². The summed E-state index contributed by atoms with van der Waals surface area (Å²) in [6.45, 7) is 4.79. The third kappa shape index (κ3) is 3.05. The Bertz CT molecular complexity index is 586. The highest BCUT2D eigenvalue weighted by molar-refractivity contribution is 5.96. The fraction of sp³-hybridized carbons (Fsp3) is 0.467. The summed E-state index contributed by atoms with van der Waals surface area (Å²) in [7, 11) is 1.85. The molecular weight excluding hydrogens is 256 g/mol. The van der Waals surface area contributed by atoms with Gasteiger partial charge in [-0.05, 0) is 26.0 Å². The lowest BCUT2D eigenvalue weighted by atomic mass is 10.2. The van der Waals surface area contributed by atoms with Gasteiger partial charge in [0.25, 0.3) is 0 Å².